The van der Waals surface area contributed by atoms with Crippen molar-refractivity contribution in [3.63, 3.8) is 0 Å². The molecule has 0 aromatic heterocycles. The number of methoxy groups -OCH3 is 1. The lowest BCUT2D eigenvalue weighted by atomic mass is 9.84. The van der Waals surface area contributed by atoms with Crippen LogP contribution < -0.4 is 10.1 Å². The van der Waals surface area contributed by atoms with Gasteiger partial charge in [0.05, 0.1) is 25.0 Å². The molecule has 0 saturated carbocycles. The molecular formula is C42H61NO8. The molecule has 0 saturated heterocycles. The average Bonchev–Trinajstić information content (AvgIpc) is 3.06. The zero-order valence-corrected chi connectivity index (χ0v) is 31.7. The van der Waals surface area contributed by atoms with Crippen LogP contribution in [0, 0.1) is 5.92 Å². The monoisotopic (exact) mass is 707 g/mol. The molecule has 9 heteroatoms. The van der Waals surface area contributed by atoms with E-state index in [1.54, 1.807) is 34.0 Å². The van der Waals surface area contributed by atoms with Gasteiger partial charge in [0.2, 0.25) is 5.91 Å². The van der Waals surface area contributed by atoms with E-state index >= 15 is 0 Å². The minimum Gasteiger partial charge on any atom is -0.497 e. The van der Waals surface area contributed by atoms with Crippen LogP contribution in [0.15, 0.2) is 60.7 Å². The number of rotatable bonds is 24. The third-order valence-corrected chi connectivity index (χ3v) is 8.73. The first kappa shape index (κ1) is 43.2. The number of nitrogens with one attached hydrogen (secondary N) is 1. The third kappa shape index (κ3) is 17.2. The number of allylic oxidation sites excluding steroid dienone is 1. The van der Waals surface area contributed by atoms with E-state index in [-0.39, 0.29) is 6.42 Å². The number of hydrogen-bond donors (Lipinski definition) is 3. The number of ketones is 1. The number of aliphatic hydroxyl groups is 1. The maximum absolute atomic E-state index is 13.8. The van der Waals surface area contributed by atoms with Crippen LogP contribution in [0.2, 0.25) is 0 Å². The predicted molar refractivity (Wildman–Crippen MR) is 202 cm³/mol. The molecule has 0 aliphatic rings. The quantitative estimate of drug-likeness (QED) is 0.0562. The average molecular weight is 708 g/mol. The van der Waals surface area contributed by atoms with Gasteiger partial charge < -0.3 is 25.0 Å². The fraction of sp³-hybridized carbons (Fsp3) is 0.571. The molecule has 0 aliphatic carbocycles. The number of carbonyl (C=O) groups is 4. The molecular weight excluding hydrogens is 646 g/mol. The molecule has 3 N–H and O–H groups in total. The van der Waals surface area contributed by atoms with Gasteiger partial charge in [0.15, 0.2) is 0 Å². The van der Waals surface area contributed by atoms with Crippen molar-refractivity contribution in [3.8, 4) is 16.9 Å². The van der Waals surface area contributed by atoms with Crippen molar-refractivity contribution < 1.29 is 38.9 Å². The van der Waals surface area contributed by atoms with Gasteiger partial charge in [-0.15, -0.1) is 0 Å². The number of carboxylic acids is 1. The summed E-state index contributed by atoms with van der Waals surface area (Å²) < 4.78 is 11.0. The van der Waals surface area contributed by atoms with Gasteiger partial charge in [0.25, 0.3) is 0 Å². The van der Waals surface area contributed by atoms with Crippen molar-refractivity contribution in [1.29, 1.82) is 0 Å². The molecule has 1 amide bonds. The highest BCUT2D eigenvalue weighted by Gasteiger charge is 2.39. The molecule has 0 unspecified atom stereocenters. The van der Waals surface area contributed by atoms with Crippen LogP contribution in [0.25, 0.3) is 11.1 Å². The Bertz CT molecular complexity index is 1410. The first-order chi connectivity index (χ1) is 24.1. The molecule has 282 valence electrons. The summed E-state index contributed by atoms with van der Waals surface area (Å²) in [6, 6.07) is 14.2. The number of unbranched alkanes of at least 4 members (excludes halogenated alkanes) is 8. The molecule has 0 bridgehead atoms. The van der Waals surface area contributed by atoms with E-state index in [0.29, 0.717) is 25.0 Å². The largest absolute Gasteiger partial charge is 0.497 e. The van der Waals surface area contributed by atoms with Crippen molar-refractivity contribution in [1.82, 2.24) is 5.32 Å². The number of ether oxygens (including phenoxy) is 2. The number of hydrogen-bond acceptors (Lipinski definition) is 7. The Morgan fingerprint density at radius 3 is 2.06 bits per heavy atom. The molecule has 2 aromatic rings. The molecule has 0 radical (unpaired) electrons. The highest BCUT2D eigenvalue weighted by atomic mass is 16.6. The van der Waals surface area contributed by atoms with E-state index in [9.17, 15) is 29.4 Å². The van der Waals surface area contributed by atoms with Gasteiger partial charge >= 0.3 is 11.9 Å². The maximum atomic E-state index is 13.8. The number of Topliss-reactive ketones (excluding diaryl/α,β-unsaturated/α-hetero) is 1. The van der Waals surface area contributed by atoms with Crippen molar-refractivity contribution in [3.05, 3.63) is 66.2 Å². The Morgan fingerprint density at radius 1 is 0.843 bits per heavy atom. The van der Waals surface area contributed by atoms with E-state index < -0.39 is 47.4 Å². The van der Waals surface area contributed by atoms with Crippen LogP contribution in [0.3, 0.4) is 0 Å². The number of amides is 1. The van der Waals surface area contributed by atoms with Crippen LogP contribution in [-0.2, 0) is 30.3 Å². The highest BCUT2D eigenvalue weighted by Crippen LogP contribution is 2.26. The molecule has 51 heavy (non-hydrogen) atoms. The van der Waals surface area contributed by atoms with Crippen LogP contribution in [0.4, 0.5) is 0 Å². The van der Waals surface area contributed by atoms with Crippen LogP contribution >= 0.6 is 0 Å². The SMILES string of the molecule is CCCCCCCC(=O)CCCCCC/C=C/[C@H](C(=O)N[C@@H](Cc1ccc(-c2cccc(OC)c2)cc1)C(=O)OC(C)(C)C)[C@@](C)(O)CC(=O)O. The Hall–Kier alpha value is -3.98. The molecule has 9 nitrogen and oxygen atoms in total. The molecule has 0 spiro atoms. The van der Waals surface area contributed by atoms with E-state index in [1.807, 2.05) is 48.5 Å². The smallest absolute Gasteiger partial charge is 0.329 e. The minimum atomic E-state index is -1.92. The van der Waals surface area contributed by atoms with Crippen LogP contribution in [-0.4, -0.2) is 58.2 Å². The zero-order chi connectivity index (χ0) is 37.9. The second-order valence-corrected chi connectivity index (χ2v) is 14.7. The van der Waals surface area contributed by atoms with Crippen molar-refractivity contribution in [2.24, 2.45) is 5.92 Å². The second kappa shape index (κ2) is 22.1. The second-order valence-electron chi connectivity index (χ2n) is 14.7. The number of carboxylic acid groups (broad SMARTS) is 1. The summed E-state index contributed by atoms with van der Waals surface area (Å²) in [5.41, 5.74) is -0.0405. The van der Waals surface area contributed by atoms with Crippen LogP contribution in [0.5, 0.6) is 5.75 Å². The Morgan fingerprint density at radius 2 is 1.47 bits per heavy atom. The van der Waals surface area contributed by atoms with Crippen LogP contribution in [0.1, 0.15) is 124 Å². The first-order valence-electron chi connectivity index (χ1n) is 18.5. The molecule has 3 atom stereocenters. The van der Waals surface area contributed by atoms with Gasteiger partial charge in [-0.2, -0.15) is 0 Å². The summed E-state index contributed by atoms with van der Waals surface area (Å²) in [6.07, 6.45) is 13.9. The van der Waals surface area contributed by atoms with Gasteiger partial charge in [-0.25, -0.2) is 4.79 Å². The fourth-order valence-electron chi connectivity index (χ4n) is 5.91. The van der Waals surface area contributed by atoms with E-state index in [2.05, 4.69) is 12.2 Å². The normalized spacial score (nSPS) is 14.0. The molecule has 0 heterocycles. The standard InChI is InChI=1S/C42H61NO8/c1-7-8-9-12-15-20-34(44)21-16-13-10-11-14-17-23-36(42(5,49)30-38(45)46)39(47)43-37(40(48)51-41(2,3)4)28-31-24-26-32(27-25-31)33-19-18-22-35(29-33)50-6/h17-19,22-27,29,36-37,49H,7-16,20-21,28,30H2,1-6H3,(H,43,47)(H,45,46)/b23-17+/t36-,37+,42+/m1/s1. The van der Waals surface area contributed by atoms with Gasteiger partial charge in [0, 0.05) is 19.3 Å². The summed E-state index contributed by atoms with van der Waals surface area (Å²) >= 11 is 0. The zero-order valence-electron chi connectivity index (χ0n) is 31.7. The lowest BCUT2D eigenvalue weighted by Crippen LogP contribution is -2.52. The van der Waals surface area contributed by atoms with E-state index in [0.717, 1.165) is 61.0 Å². The highest BCUT2D eigenvalue weighted by molar-refractivity contribution is 5.88. The summed E-state index contributed by atoms with van der Waals surface area (Å²) in [5, 5.41) is 23.5. The topological polar surface area (TPSA) is 139 Å². The molecule has 2 aromatic carbocycles. The summed E-state index contributed by atoms with van der Waals surface area (Å²) in [4.78, 5) is 50.9. The van der Waals surface area contributed by atoms with E-state index in [4.69, 9.17) is 9.47 Å². The fourth-order valence-corrected chi connectivity index (χ4v) is 5.91. The van der Waals surface area contributed by atoms with Crippen molar-refractivity contribution in [2.75, 3.05) is 7.11 Å². The van der Waals surface area contributed by atoms with Gasteiger partial charge in [-0.3, -0.25) is 14.4 Å². The third-order valence-electron chi connectivity index (χ3n) is 8.73. The number of aliphatic carboxylic acids is 1. The van der Waals surface area contributed by atoms with Crippen molar-refractivity contribution >= 4 is 23.6 Å². The van der Waals surface area contributed by atoms with E-state index in [1.165, 1.54) is 32.3 Å². The van der Waals surface area contributed by atoms with Gasteiger partial charge in [-0.05, 0) is 82.2 Å². The summed E-state index contributed by atoms with van der Waals surface area (Å²) in [5.74, 6) is -2.72. The molecule has 0 fully saturated rings. The Balaban J connectivity index is 2.09. The van der Waals surface area contributed by atoms with Gasteiger partial charge in [0.1, 0.15) is 23.2 Å². The number of benzene rings is 2. The lowest BCUT2D eigenvalue weighted by molar-refractivity contribution is -0.160. The Kier molecular flexibility index (Phi) is 18.7. The number of esters is 1. The minimum absolute atomic E-state index is 0.123. The summed E-state index contributed by atoms with van der Waals surface area (Å²) in [6.45, 7) is 8.71. The maximum Gasteiger partial charge on any atom is 0.329 e. The Labute approximate surface area is 305 Å². The predicted octanol–water partition coefficient (Wildman–Crippen LogP) is 8.40. The summed E-state index contributed by atoms with van der Waals surface area (Å²) in [7, 11) is 1.61. The van der Waals surface area contributed by atoms with Crippen molar-refractivity contribution in [2.45, 2.75) is 142 Å². The molecule has 2 rings (SSSR count). The molecule has 0 aliphatic heterocycles. The lowest BCUT2D eigenvalue weighted by Gasteiger charge is -2.31. The first-order valence-corrected chi connectivity index (χ1v) is 18.5. The number of carbonyl (C=O) groups excluding carboxylic acids is 3. The van der Waals surface area contributed by atoms with Gasteiger partial charge in [-0.1, -0.05) is 94.0 Å².